The Hall–Kier alpha value is -3.31. The maximum absolute atomic E-state index is 13.2. The van der Waals surface area contributed by atoms with Crippen molar-refractivity contribution in [1.29, 1.82) is 0 Å². The third-order valence-corrected chi connectivity index (χ3v) is 6.42. The number of fused-ring (bicyclic) bond motifs is 1. The lowest BCUT2D eigenvalue weighted by molar-refractivity contribution is -0.132. The lowest BCUT2D eigenvalue weighted by Gasteiger charge is -2.23. The van der Waals surface area contributed by atoms with Crippen molar-refractivity contribution in [2.75, 3.05) is 4.90 Å². The van der Waals surface area contributed by atoms with E-state index in [0.717, 1.165) is 25.7 Å². The first kappa shape index (κ1) is 20.6. The lowest BCUT2D eigenvalue weighted by atomic mass is 9.89. The molecule has 6 heteroatoms. The van der Waals surface area contributed by atoms with Gasteiger partial charge in [-0.25, -0.2) is 0 Å². The SMILES string of the molecule is Cc1ccc(C2/C(=C(/O)c3ccc4c(c3)CCCC4)C(=O)C(=O)N2c2cccc(Cl)c2)o1. The van der Waals surface area contributed by atoms with E-state index in [2.05, 4.69) is 0 Å². The average molecular weight is 448 g/mol. The number of hydrogen-bond donors (Lipinski definition) is 1. The summed E-state index contributed by atoms with van der Waals surface area (Å²) in [5.41, 5.74) is 3.45. The number of aliphatic hydroxyl groups is 1. The summed E-state index contributed by atoms with van der Waals surface area (Å²) in [6.45, 7) is 1.79. The molecule has 1 atom stereocenters. The first-order valence-electron chi connectivity index (χ1n) is 10.7. The minimum Gasteiger partial charge on any atom is -0.507 e. The Labute approximate surface area is 190 Å². The fraction of sp³-hybridized carbons (Fsp3) is 0.231. The number of ketones is 1. The molecule has 2 heterocycles. The highest BCUT2D eigenvalue weighted by atomic mass is 35.5. The highest BCUT2D eigenvalue weighted by Gasteiger charge is 2.48. The zero-order chi connectivity index (χ0) is 22.4. The van der Waals surface area contributed by atoms with Crippen LogP contribution in [-0.2, 0) is 22.4 Å². The van der Waals surface area contributed by atoms with Crippen LogP contribution in [0, 0.1) is 6.92 Å². The number of anilines is 1. The van der Waals surface area contributed by atoms with E-state index < -0.39 is 17.7 Å². The van der Waals surface area contributed by atoms with Crippen LogP contribution in [0.2, 0.25) is 5.02 Å². The van der Waals surface area contributed by atoms with E-state index in [1.54, 1.807) is 43.3 Å². The molecular formula is C26H22ClNO4. The number of carbonyl (C=O) groups is 2. The first-order chi connectivity index (χ1) is 15.4. The number of rotatable bonds is 3. The van der Waals surface area contributed by atoms with Crippen LogP contribution < -0.4 is 4.90 Å². The standard InChI is InChI=1S/C26H22ClNO4/c1-15-9-12-21(32-15)23-22(24(29)18-11-10-16-5-2-3-6-17(16)13-18)25(30)26(31)28(23)20-8-4-7-19(27)14-20/h4,7-14,23,29H,2-3,5-6H2,1H3/b24-22-. The molecule has 5 nitrogen and oxygen atoms in total. The van der Waals surface area contributed by atoms with E-state index in [4.69, 9.17) is 16.0 Å². The van der Waals surface area contributed by atoms with E-state index >= 15 is 0 Å². The molecule has 1 unspecified atom stereocenters. The summed E-state index contributed by atoms with van der Waals surface area (Å²) in [6.07, 6.45) is 4.21. The third-order valence-electron chi connectivity index (χ3n) is 6.18. The van der Waals surface area contributed by atoms with Gasteiger partial charge in [0.2, 0.25) is 0 Å². The molecule has 2 aliphatic rings. The summed E-state index contributed by atoms with van der Waals surface area (Å²) >= 11 is 6.16. The second-order valence-electron chi connectivity index (χ2n) is 8.29. The highest BCUT2D eigenvalue weighted by Crippen LogP contribution is 2.43. The predicted octanol–water partition coefficient (Wildman–Crippen LogP) is 5.75. The number of halogens is 1. The molecular weight excluding hydrogens is 426 g/mol. The Morgan fingerprint density at radius 3 is 2.53 bits per heavy atom. The van der Waals surface area contributed by atoms with Gasteiger partial charge in [-0.15, -0.1) is 0 Å². The number of furan rings is 1. The Morgan fingerprint density at radius 2 is 1.81 bits per heavy atom. The molecule has 1 amide bonds. The van der Waals surface area contributed by atoms with E-state index in [1.165, 1.54) is 16.0 Å². The summed E-state index contributed by atoms with van der Waals surface area (Å²) in [6, 6.07) is 15.1. The van der Waals surface area contributed by atoms with Gasteiger partial charge in [0.05, 0.1) is 5.57 Å². The Balaban J connectivity index is 1.69. The summed E-state index contributed by atoms with van der Waals surface area (Å²) in [4.78, 5) is 27.7. The van der Waals surface area contributed by atoms with Crippen LogP contribution in [0.15, 0.2) is 64.6 Å². The van der Waals surface area contributed by atoms with E-state index in [0.29, 0.717) is 27.8 Å². The summed E-state index contributed by atoms with van der Waals surface area (Å²) < 4.78 is 5.83. The van der Waals surface area contributed by atoms with Crippen molar-refractivity contribution < 1.29 is 19.1 Å². The lowest BCUT2D eigenvalue weighted by Crippen LogP contribution is -2.29. The van der Waals surface area contributed by atoms with Crippen molar-refractivity contribution >= 4 is 34.7 Å². The van der Waals surface area contributed by atoms with E-state index in [1.807, 2.05) is 18.2 Å². The molecule has 0 spiro atoms. The molecule has 2 aromatic carbocycles. The molecule has 0 saturated carbocycles. The number of Topliss-reactive ketones (excluding diaryl/α,β-unsaturated/α-hetero) is 1. The fourth-order valence-electron chi connectivity index (χ4n) is 4.63. The minimum atomic E-state index is -0.891. The molecule has 0 bridgehead atoms. The van der Waals surface area contributed by atoms with Gasteiger partial charge in [0.1, 0.15) is 23.3 Å². The van der Waals surface area contributed by atoms with Gasteiger partial charge in [-0.1, -0.05) is 29.8 Å². The van der Waals surface area contributed by atoms with Gasteiger partial charge >= 0.3 is 0 Å². The van der Waals surface area contributed by atoms with Gasteiger partial charge in [0.15, 0.2) is 0 Å². The van der Waals surface area contributed by atoms with Crippen LogP contribution in [0.4, 0.5) is 5.69 Å². The Bertz CT molecular complexity index is 1270. The van der Waals surface area contributed by atoms with Gasteiger partial charge in [-0.2, -0.15) is 0 Å². The van der Waals surface area contributed by atoms with Crippen LogP contribution in [0.3, 0.4) is 0 Å². The minimum absolute atomic E-state index is 0.0140. The van der Waals surface area contributed by atoms with Gasteiger partial charge in [0, 0.05) is 16.3 Å². The molecule has 1 fully saturated rings. The van der Waals surface area contributed by atoms with Gasteiger partial charge in [-0.3, -0.25) is 14.5 Å². The number of aliphatic hydroxyl groups excluding tert-OH is 1. The molecule has 32 heavy (non-hydrogen) atoms. The van der Waals surface area contributed by atoms with Crippen LogP contribution in [-0.4, -0.2) is 16.8 Å². The molecule has 5 rings (SSSR count). The average Bonchev–Trinajstić information content (AvgIpc) is 3.33. The molecule has 1 aliphatic carbocycles. The van der Waals surface area contributed by atoms with E-state index in [9.17, 15) is 14.7 Å². The van der Waals surface area contributed by atoms with Crippen molar-refractivity contribution in [2.24, 2.45) is 0 Å². The third kappa shape index (κ3) is 3.43. The van der Waals surface area contributed by atoms with Crippen molar-refractivity contribution in [3.05, 3.63) is 93.4 Å². The van der Waals surface area contributed by atoms with Crippen LogP contribution in [0.25, 0.3) is 5.76 Å². The number of aryl methyl sites for hydroxylation is 3. The summed E-state index contributed by atoms with van der Waals surface area (Å²) in [7, 11) is 0. The Kier molecular flexibility index (Phi) is 5.14. The molecule has 1 aromatic heterocycles. The monoisotopic (exact) mass is 447 g/mol. The maximum atomic E-state index is 13.2. The van der Waals surface area contributed by atoms with Crippen molar-refractivity contribution in [3.63, 3.8) is 0 Å². The van der Waals surface area contributed by atoms with Gasteiger partial charge in [0.25, 0.3) is 11.7 Å². The zero-order valence-corrected chi connectivity index (χ0v) is 18.4. The largest absolute Gasteiger partial charge is 0.507 e. The van der Waals surface area contributed by atoms with E-state index in [-0.39, 0.29) is 11.3 Å². The second-order valence-corrected chi connectivity index (χ2v) is 8.72. The summed E-state index contributed by atoms with van der Waals surface area (Å²) in [5, 5.41) is 11.7. The Morgan fingerprint density at radius 1 is 1.03 bits per heavy atom. The van der Waals surface area contributed by atoms with Gasteiger partial charge < -0.3 is 9.52 Å². The molecule has 1 aliphatic heterocycles. The summed E-state index contributed by atoms with van der Waals surface area (Å²) in [5.74, 6) is -0.628. The van der Waals surface area contributed by atoms with Crippen LogP contribution in [0.1, 0.15) is 47.1 Å². The fourth-order valence-corrected chi connectivity index (χ4v) is 4.82. The number of benzene rings is 2. The number of carbonyl (C=O) groups excluding carboxylic acids is 2. The molecule has 1 N–H and O–H groups in total. The van der Waals surface area contributed by atoms with Crippen molar-refractivity contribution in [1.82, 2.24) is 0 Å². The second kappa shape index (κ2) is 7.99. The molecule has 0 radical (unpaired) electrons. The number of hydrogen-bond acceptors (Lipinski definition) is 4. The highest BCUT2D eigenvalue weighted by molar-refractivity contribution is 6.51. The molecule has 1 saturated heterocycles. The molecule has 3 aromatic rings. The topological polar surface area (TPSA) is 70.8 Å². The first-order valence-corrected chi connectivity index (χ1v) is 11.1. The van der Waals surface area contributed by atoms with Gasteiger partial charge in [-0.05, 0) is 80.1 Å². The quantitative estimate of drug-likeness (QED) is 0.315. The van der Waals surface area contributed by atoms with Crippen molar-refractivity contribution in [2.45, 2.75) is 38.6 Å². The van der Waals surface area contributed by atoms with Crippen molar-refractivity contribution in [3.8, 4) is 0 Å². The zero-order valence-electron chi connectivity index (χ0n) is 17.6. The number of nitrogens with zero attached hydrogens (tertiary/aromatic N) is 1. The number of amides is 1. The maximum Gasteiger partial charge on any atom is 0.300 e. The van der Waals surface area contributed by atoms with Crippen LogP contribution in [0.5, 0.6) is 0 Å². The molecule has 162 valence electrons. The normalized spacial score (nSPS) is 19.9. The van der Waals surface area contributed by atoms with Crippen LogP contribution >= 0.6 is 11.6 Å². The predicted molar refractivity (Wildman–Crippen MR) is 123 cm³/mol. The smallest absolute Gasteiger partial charge is 0.300 e.